The lowest BCUT2D eigenvalue weighted by Crippen LogP contribution is -2.38. The van der Waals surface area contributed by atoms with Crippen LogP contribution in [0.4, 0.5) is 5.69 Å². The summed E-state index contributed by atoms with van der Waals surface area (Å²) in [5, 5.41) is 3.67. The van der Waals surface area contributed by atoms with E-state index in [1.54, 1.807) is 14.2 Å². The van der Waals surface area contributed by atoms with Gasteiger partial charge in [0.05, 0.1) is 14.2 Å². The molecule has 0 aliphatic carbocycles. The number of nitrogens with one attached hydrogen (secondary N) is 1. The average molecular weight is 292 g/mol. The lowest BCUT2D eigenvalue weighted by atomic mass is 10.0. The van der Waals surface area contributed by atoms with Gasteiger partial charge in [0.15, 0.2) is 11.5 Å². The fourth-order valence-electron chi connectivity index (χ4n) is 2.98. The standard InChI is InChI=1S/C17H28N2O2/c1-13(2)10-14-12-19(9-5-8-18-14)15-6-7-16(20-3)17(11-15)21-4/h6-7,11,13-14,18H,5,8-10,12H2,1-4H3. The number of hydrogen-bond donors (Lipinski definition) is 1. The Hall–Kier alpha value is -1.42. The van der Waals surface area contributed by atoms with Gasteiger partial charge in [-0.15, -0.1) is 0 Å². The van der Waals surface area contributed by atoms with Gasteiger partial charge in [0.1, 0.15) is 0 Å². The topological polar surface area (TPSA) is 33.7 Å². The van der Waals surface area contributed by atoms with Crippen LogP contribution in [0.15, 0.2) is 18.2 Å². The molecule has 1 saturated heterocycles. The molecule has 0 bridgehead atoms. The third-order valence-corrected chi connectivity index (χ3v) is 3.97. The van der Waals surface area contributed by atoms with E-state index >= 15 is 0 Å². The maximum atomic E-state index is 5.42. The summed E-state index contributed by atoms with van der Waals surface area (Å²) in [5.74, 6) is 2.30. The SMILES string of the molecule is COc1ccc(N2CCCNC(CC(C)C)C2)cc1OC. The molecule has 1 heterocycles. The molecule has 0 radical (unpaired) electrons. The Morgan fingerprint density at radius 3 is 2.67 bits per heavy atom. The molecule has 0 amide bonds. The Balaban J connectivity index is 2.15. The first-order valence-electron chi connectivity index (χ1n) is 7.84. The Labute approximate surface area is 128 Å². The molecule has 4 heteroatoms. The van der Waals surface area contributed by atoms with Crippen molar-refractivity contribution in [2.75, 3.05) is 38.8 Å². The predicted molar refractivity (Wildman–Crippen MR) is 87.6 cm³/mol. The molecule has 1 unspecified atom stereocenters. The van der Waals surface area contributed by atoms with Crippen molar-refractivity contribution in [2.45, 2.75) is 32.7 Å². The zero-order valence-electron chi connectivity index (χ0n) is 13.7. The lowest BCUT2D eigenvalue weighted by Gasteiger charge is -2.28. The first kappa shape index (κ1) is 16.0. The van der Waals surface area contributed by atoms with Crippen LogP contribution in [0.3, 0.4) is 0 Å². The second kappa shape index (κ2) is 7.55. The Morgan fingerprint density at radius 2 is 2.00 bits per heavy atom. The van der Waals surface area contributed by atoms with Crippen molar-refractivity contribution in [3.8, 4) is 11.5 Å². The average Bonchev–Trinajstić information content (AvgIpc) is 2.71. The molecule has 21 heavy (non-hydrogen) atoms. The van der Waals surface area contributed by atoms with E-state index in [1.807, 2.05) is 6.07 Å². The van der Waals surface area contributed by atoms with Crippen LogP contribution in [0.2, 0.25) is 0 Å². The fraction of sp³-hybridized carbons (Fsp3) is 0.647. The van der Waals surface area contributed by atoms with E-state index < -0.39 is 0 Å². The van der Waals surface area contributed by atoms with Crippen molar-refractivity contribution in [1.82, 2.24) is 5.32 Å². The highest BCUT2D eigenvalue weighted by Gasteiger charge is 2.19. The molecule has 1 aromatic rings. The molecule has 0 aromatic heterocycles. The van der Waals surface area contributed by atoms with E-state index in [0.717, 1.165) is 31.1 Å². The molecule has 1 fully saturated rings. The summed E-state index contributed by atoms with van der Waals surface area (Å²) in [6.07, 6.45) is 2.38. The second-order valence-electron chi connectivity index (χ2n) is 6.12. The molecule has 0 spiro atoms. The lowest BCUT2D eigenvalue weighted by molar-refractivity contribution is 0.355. The summed E-state index contributed by atoms with van der Waals surface area (Å²) in [6.45, 7) is 7.80. The summed E-state index contributed by atoms with van der Waals surface area (Å²) < 4.78 is 10.7. The third-order valence-electron chi connectivity index (χ3n) is 3.97. The van der Waals surface area contributed by atoms with Crippen LogP contribution in [0.5, 0.6) is 11.5 Å². The summed E-state index contributed by atoms with van der Waals surface area (Å²) >= 11 is 0. The smallest absolute Gasteiger partial charge is 0.162 e. The molecule has 4 nitrogen and oxygen atoms in total. The van der Waals surface area contributed by atoms with Crippen molar-refractivity contribution in [3.63, 3.8) is 0 Å². The second-order valence-corrected chi connectivity index (χ2v) is 6.12. The first-order valence-corrected chi connectivity index (χ1v) is 7.84. The van der Waals surface area contributed by atoms with Gasteiger partial charge in [0, 0.05) is 30.9 Å². The van der Waals surface area contributed by atoms with Gasteiger partial charge in [-0.05, 0) is 37.4 Å². The highest BCUT2D eigenvalue weighted by molar-refractivity contribution is 5.56. The largest absolute Gasteiger partial charge is 0.493 e. The van der Waals surface area contributed by atoms with E-state index in [0.29, 0.717) is 12.0 Å². The molecule has 2 rings (SSSR count). The van der Waals surface area contributed by atoms with Crippen molar-refractivity contribution >= 4 is 5.69 Å². The summed E-state index contributed by atoms with van der Waals surface area (Å²) in [5.41, 5.74) is 1.21. The van der Waals surface area contributed by atoms with Gasteiger partial charge < -0.3 is 19.7 Å². The molecular formula is C17H28N2O2. The monoisotopic (exact) mass is 292 g/mol. The molecular weight excluding hydrogens is 264 g/mol. The number of rotatable bonds is 5. The van der Waals surface area contributed by atoms with Gasteiger partial charge >= 0.3 is 0 Å². The number of benzene rings is 1. The molecule has 1 aliphatic rings. The normalized spacial score (nSPS) is 19.5. The first-order chi connectivity index (χ1) is 10.1. The minimum absolute atomic E-state index is 0.556. The van der Waals surface area contributed by atoms with Crippen molar-refractivity contribution in [3.05, 3.63) is 18.2 Å². The highest BCUT2D eigenvalue weighted by atomic mass is 16.5. The van der Waals surface area contributed by atoms with Crippen LogP contribution in [0, 0.1) is 5.92 Å². The summed E-state index contributed by atoms with van der Waals surface area (Å²) in [7, 11) is 3.36. The minimum atomic E-state index is 0.556. The van der Waals surface area contributed by atoms with E-state index in [2.05, 4.69) is 36.2 Å². The summed E-state index contributed by atoms with van der Waals surface area (Å²) in [6, 6.07) is 6.75. The maximum absolute atomic E-state index is 5.42. The van der Waals surface area contributed by atoms with Gasteiger partial charge in [-0.2, -0.15) is 0 Å². The zero-order valence-corrected chi connectivity index (χ0v) is 13.7. The van der Waals surface area contributed by atoms with Crippen LogP contribution in [-0.2, 0) is 0 Å². The number of methoxy groups -OCH3 is 2. The van der Waals surface area contributed by atoms with Gasteiger partial charge in [-0.3, -0.25) is 0 Å². The van der Waals surface area contributed by atoms with Gasteiger partial charge in [-0.25, -0.2) is 0 Å². The Morgan fingerprint density at radius 1 is 1.24 bits per heavy atom. The van der Waals surface area contributed by atoms with Gasteiger partial charge in [-0.1, -0.05) is 13.8 Å². The van der Waals surface area contributed by atoms with Gasteiger partial charge in [0.25, 0.3) is 0 Å². The van der Waals surface area contributed by atoms with E-state index in [1.165, 1.54) is 18.5 Å². The quantitative estimate of drug-likeness (QED) is 0.905. The van der Waals surface area contributed by atoms with E-state index in [9.17, 15) is 0 Å². The van der Waals surface area contributed by atoms with Crippen molar-refractivity contribution < 1.29 is 9.47 Å². The third kappa shape index (κ3) is 4.27. The molecule has 1 N–H and O–H groups in total. The highest BCUT2D eigenvalue weighted by Crippen LogP contribution is 2.32. The molecule has 1 aliphatic heterocycles. The zero-order chi connectivity index (χ0) is 15.2. The fourth-order valence-corrected chi connectivity index (χ4v) is 2.98. The van der Waals surface area contributed by atoms with E-state index in [4.69, 9.17) is 9.47 Å². The van der Waals surface area contributed by atoms with E-state index in [-0.39, 0.29) is 0 Å². The maximum Gasteiger partial charge on any atom is 0.162 e. The molecule has 0 saturated carbocycles. The Bertz CT molecular complexity index is 448. The van der Waals surface area contributed by atoms with Crippen LogP contribution >= 0.6 is 0 Å². The molecule has 1 atom stereocenters. The van der Waals surface area contributed by atoms with Crippen molar-refractivity contribution in [1.29, 1.82) is 0 Å². The van der Waals surface area contributed by atoms with Crippen LogP contribution < -0.4 is 19.7 Å². The Kier molecular flexibility index (Phi) is 5.74. The number of anilines is 1. The molecule has 1 aromatic carbocycles. The molecule has 118 valence electrons. The number of nitrogens with zero attached hydrogens (tertiary/aromatic N) is 1. The predicted octanol–water partition coefficient (Wildman–Crippen LogP) is 2.92. The minimum Gasteiger partial charge on any atom is -0.493 e. The number of ether oxygens (including phenoxy) is 2. The van der Waals surface area contributed by atoms with Crippen LogP contribution in [0.25, 0.3) is 0 Å². The van der Waals surface area contributed by atoms with Crippen molar-refractivity contribution in [2.24, 2.45) is 5.92 Å². The summed E-state index contributed by atoms with van der Waals surface area (Å²) in [4.78, 5) is 2.45. The van der Waals surface area contributed by atoms with Crippen LogP contribution in [0.1, 0.15) is 26.7 Å². The number of hydrogen-bond acceptors (Lipinski definition) is 4. The van der Waals surface area contributed by atoms with Gasteiger partial charge in [0.2, 0.25) is 0 Å². The van der Waals surface area contributed by atoms with Crippen LogP contribution in [-0.4, -0.2) is 39.9 Å².